The lowest BCUT2D eigenvalue weighted by Crippen LogP contribution is -2.21. The highest BCUT2D eigenvalue weighted by atomic mass is 16.5. The molecule has 0 spiro atoms. The van der Waals surface area contributed by atoms with Crippen LogP contribution in [0, 0.1) is 11.3 Å². The van der Waals surface area contributed by atoms with E-state index < -0.39 is 0 Å². The van der Waals surface area contributed by atoms with Crippen LogP contribution in [0.5, 0.6) is 5.88 Å². The lowest BCUT2D eigenvalue weighted by molar-refractivity contribution is 0.379. The quantitative estimate of drug-likeness (QED) is 0.562. The fourth-order valence-corrected chi connectivity index (χ4v) is 3.70. The maximum Gasteiger partial charge on any atom is 0.244 e. The van der Waals surface area contributed by atoms with Crippen LogP contribution in [-0.4, -0.2) is 15.2 Å². The maximum absolute atomic E-state index is 9.74. The Balaban J connectivity index is 1.74. The first-order valence-corrected chi connectivity index (χ1v) is 8.81. The molecule has 1 aliphatic heterocycles. The number of H-pyrrole nitrogens is 1. The average molecular weight is 365 g/mol. The van der Waals surface area contributed by atoms with Crippen molar-refractivity contribution >= 4 is 10.8 Å². The molecule has 0 saturated heterocycles. The number of nitrogens with two attached hydrogens (primary N) is 1. The van der Waals surface area contributed by atoms with Crippen molar-refractivity contribution in [2.45, 2.75) is 5.92 Å². The van der Waals surface area contributed by atoms with E-state index in [0.29, 0.717) is 11.5 Å². The van der Waals surface area contributed by atoms with Gasteiger partial charge < -0.3 is 10.5 Å². The first-order chi connectivity index (χ1) is 13.8. The van der Waals surface area contributed by atoms with E-state index >= 15 is 0 Å². The maximum atomic E-state index is 9.74. The normalized spacial score (nSPS) is 15.8. The van der Waals surface area contributed by atoms with Crippen LogP contribution in [0.2, 0.25) is 0 Å². The van der Waals surface area contributed by atoms with Crippen LogP contribution in [0.25, 0.3) is 22.0 Å². The molecule has 3 heterocycles. The van der Waals surface area contributed by atoms with Gasteiger partial charge in [-0.25, -0.2) is 0 Å². The zero-order valence-corrected chi connectivity index (χ0v) is 14.8. The van der Waals surface area contributed by atoms with Crippen LogP contribution in [0.4, 0.5) is 0 Å². The molecule has 134 valence electrons. The van der Waals surface area contributed by atoms with E-state index in [1.54, 1.807) is 12.4 Å². The van der Waals surface area contributed by atoms with E-state index in [2.05, 4.69) is 45.5 Å². The molecule has 1 atom stereocenters. The van der Waals surface area contributed by atoms with E-state index in [1.165, 1.54) is 0 Å². The van der Waals surface area contributed by atoms with Crippen molar-refractivity contribution in [3.63, 3.8) is 0 Å². The number of pyridine rings is 1. The number of aromatic amines is 1. The van der Waals surface area contributed by atoms with Gasteiger partial charge in [0, 0.05) is 18.0 Å². The minimum Gasteiger partial charge on any atom is -0.420 e. The minimum atomic E-state index is -0.378. The Morgan fingerprint density at radius 2 is 1.82 bits per heavy atom. The van der Waals surface area contributed by atoms with Crippen LogP contribution >= 0.6 is 0 Å². The van der Waals surface area contributed by atoms with Gasteiger partial charge in [-0.1, -0.05) is 36.4 Å². The van der Waals surface area contributed by atoms with Crippen molar-refractivity contribution in [2.24, 2.45) is 5.73 Å². The number of hydrogen-bond donors (Lipinski definition) is 2. The monoisotopic (exact) mass is 365 g/mol. The Morgan fingerprint density at radius 1 is 1.04 bits per heavy atom. The molecule has 5 rings (SSSR count). The highest BCUT2D eigenvalue weighted by Crippen LogP contribution is 2.45. The molecule has 0 saturated carbocycles. The number of nitriles is 1. The van der Waals surface area contributed by atoms with Crippen molar-refractivity contribution in [3.8, 4) is 23.2 Å². The highest BCUT2D eigenvalue weighted by molar-refractivity contribution is 5.87. The summed E-state index contributed by atoms with van der Waals surface area (Å²) in [6.07, 6.45) is 3.40. The predicted molar refractivity (Wildman–Crippen MR) is 105 cm³/mol. The van der Waals surface area contributed by atoms with E-state index in [9.17, 15) is 5.26 Å². The van der Waals surface area contributed by atoms with Gasteiger partial charge in [0.15, 0.2) is 0 Å². The van der Waals surface area contributed by atoms with Crippen LogP contribution < -0.4 is 10.5 Å². The van der Waals surface area contributed by atoms with Gasteiger partial charge >= 0.3 is 0 Å². The second kappa shape index (κ2) is 6.25. The number of nitrogens with one attached hydrogen (secondary N) is 1. The Bertz CT molecular complexity index is 1270. The van der Waals surface area contributed by atoms with Gasteiger partial charge in [-0.15, -0.1) is 5.10 Å². The van der Waals surface area contributed by atoms with E-state index in [1.807, 2.05) is 30.3 Å². The van der Waals surface area contributed by atoms with E-state index in [-0.39, 0.29) is 11.8 Å². The Hall–Kier alpha value is -4.11. The smallest absolute Gasteiger partial charge is 0.244 e. The topological polar surface area (TPSA) is 101 Å². The second-order valence-corrected chi connectivity index (χ2v) is 6.58. The molecule has 1 aliphatic rings. The highest BCUT2D eigenvalue weighted by Gasteiger charge is 2.35. The first kappa shape index (κ1) is 16.1. The molecular formula is C22H15N5O. The van der Waals surface area contributed by atoms with Crippen LogP contribution in [-0.2, 0) is 0 Å². The number of ether oxygens (including phenoxy) is 1. The molecule has 0 unspecified atom stereocenters. The number of hydrogen-bond acceptors (Lipinski definition) is 5. The van der Waals surface area contributed by atoms with Gasteiger partial charge in [-0.05, 0) is 34.5 Å². The van der Waals surface area contributed by atoms with E-state index in [0.717, 1.165) is 33.2 Å². The number of benzene rings is 2. The third kappa shape index (κ3) is 2.42. The van der Waals surface area contributed by atoms with Gasteiger partial charge in [0.1, 0.15) is 11.6 Å². The van der Waals surface area contributed by atoms with Crippen molar-refractivity contribution < 1.29 is 4.74 Å². The van der Waals surface area contributed by atoms with Crippen LogP contribution in [0.1, 0.15) is 17.0 Å². The largest absolute Gasteiger partial charge is 0.420 e. The SMILES string of the molecule is N#CC1=C(N)Oc2n[nH]c(-c3ccc4ccccc4c3)c2[C@@H]1c1ccncc1. The zero-order valence-electron chi connectivity index (χ0n) is 14.8. The standard InChI is InChI=1S/C22H15N5O/c23-12-17-18(14-7-9-25-10-8-14)19-20(26-27-22(19)28-21(17)24)16-6-5-13-3-1-2-4-15(13)11-16/h1-11,18H,24H2,(H,26,27)/t18-/m1/s1. The summed E-state index contributed by atoms with van der Waals surface area (Å²) in [6, 6.07) is 20.3. The third-order valence-corrected chi connectivity index (χ3v) is 5.02. The molecule has 6 nitrogen and oxygen atoms in total. The number of aromatic nitrogens is 3. The van der Waals surface area contributed by atoms with Crippen molar-refractivity contribution in [2.75, 3.05) is 0 Å². The molecule has 2 aromatic carbocycles. The van der Waals surface area contributed by atoms with E-state index in [4.69, 9.17) is 10.5 Å². The molecule has 2 aromatic heterocycles. The molecular weight excluding hydrogens is 350 g/mol. The molecule has 0 radical (unpaired) electrons. The summed E-state index contributed by atoms with van der Waals surface area (Å²) in [6.45, 7) is 0. The predicted octanol–water partition coefficient (Wildman–Crippen LogP) is 3.84. The fourth-order valence-electron chi connectivity index (χ4n) is 3.70. The molecule has 4 aromatic rings. The number of rotatable bonds is 2. The molecule has 6 heteroatoms. The summed E-state index contributed by atoms with van der Waals surface area (Å²) in [5, 5.41) is 19.4. The minimum absolute atomic E-state index is 0.0772. The second-order valence-electron chi connectivity index (χ2n) is 6.58. The summed E-state index contributed by atoms with van der Waals surface area (Å²) in [5.74, 6) is 0.0896. The van der Waals surface area contributed by atoms with Gasteiger partial charge in [0.2, 0.25) is 11.8 Å². The van der Waals surface area contributed by atoms with Crippen molar-refractivity contribution in [1.82, 2.24) is 15.2 Å². The van der Waals surface area contributed by atoms with Gasteiger partial charge in [0.25, 0.3) is 0 Å². The molecule has 28 heavy (non-hydrogen) atoms. The van der Waals surface area contributed by atoms with Crippen LogP contribution in [0.15, 0.2) is 78.4 Å². The average Bonchev–Trinajstić information content (AvgIpc) is 3.16. The molecule has 0 bridgehead atoms. The van der Waals surface area contributed by atoms with Gasteiger partial charge in [-0.2, -0.15) is 5.26 Å². The first-order valence-electron chi connectivity index (χ1n) is 8.81. The van der Waals surface area contributed by atoms with Crippen molar-refractivity contribution in [1.29, 1.82) is 5.26 Å². The van der Waals surface area contributed by atoms with Gasteiger partial charge in [-0.3, -0.25) is 10.1 Å². The number of fused-ring (bicyclic) bond motifs is 2. The lowest BCUT2D eigenvalue weighted by atomic mass is 9.83. The molecule has 0 amide bonds. The van der Waals surface area contributed by atoms with Gasteiger partial charge in [0.05, 0.1) is 17.2 Å². The third-order valence-electron chi connectivity index (χ3n) is 5.02. The summed E-state index contributed by atoms with van der Waals surface area (Å²) >= 11 is 0. The Kier molecular flexibility index (Phi) is 3.59. The summed E-state index contributed by atoms with van der Waals surface area (Å²) in [4.78, 5) is 4.08. The lowest BCUT2D eigenvalue weighted by Gasteiger charge is -2.24. The molecule has 3 N–H and O–H groups in total. The number of allylic oxidation sites excluding steroid dienone is 1. The summed E-state index contributed by atoms with van der Waals surface area (Å²) < 4.78 is 5.65. The zero-order chi connectivity index (χ0) is 19.1. The molecule has 0 fully saturated rings. The summed E-state index contributed by atoms with van der Waals surface area (Å²) in [7, 11) is 0. The van der Waals surface area contributed by atoms with Crippen LogP contribution in [0.3, 0.4) is 0 Å². The summed E-state index contributed by atoms with van der Waals surface area (Å²) in [5.41, 5.74) is 9.86. The fraction of sp³-hybridized carbons (Fsp3) is 0.0455. The molecule has 0 aliphatic carbocycles. The number of nitrogens with zero attached hydrogens (tertiary/aromatic N) is 3. The Morgan fingerprint density at radius 3 is 2.61 bits per heavy atom. The van der Waals surface area contributed by atoms with Crippen molar-refractivity contribution in [3.05, 3.63) is 89.6 Å². The Labute approximate surface area is 160 Å².